The summed E-state index contributed by atoms with van der Waals surface area (Å²) in [4.78, 5) is 0. The van der Waals surface area contributed by atoms with Crippen molar-refractivity contribution in [1.29, 1.82) is 0 Å². The van der Waals surface area contributed by atoms with Gasteiger partial charge in [0, 0.05) is 13.1 Å². The third-order valence-corrected chi connectivity index (χ3v) is 1.66. The van der Waals surface area contributed by atoms with Crippen LogP contribution in [0.15, 0.2) is 0 Å². The zero-order valence-electron chi connectivity index (χ0n) is 5.42. The van der Waals surface area contributed by atoms with Gasteiger partial charge in [-0.05, 0) is 19.3 Å². The van der Waals surface area contributed by atoms with Gasteiger partial charge in [0.05, 0.1) is 6.10 Å². The highest BCUT2D eigenvalue weighted by Crippen LogP contribution is 2.08. The Bertz CT molecular complexity index is 77.1. The van der Waals surface area contributed by atoms with Crippen molar-refractivity contribution in [2.24, 2.45) is 0 Å². The van der Waals surface area contributed by atoms with Crippen molar-refractivity contribution in [3.8, 4) is 0 Å². The van der Waals surface area contributed by atoms with Crippen molar-refractivity contribution in [2.45, 2.75) is 25.4 Å². The molecule has 3 heteroatoms. The molecule has 0 aromatic carbocycles. The van der Waals surface area contributed by atoms with Gasteiger partial charge in [-0.3, -0.25) is 0 Å². The van der Waals surface area contributed by atoms with Crippen molar-refractivity contribution >= 4 is 0 Å². The van der Waals surface area contributed by atoms with Crippen LogP contribution in [0.4, 0.5) is 0 Å². The fourth-order valence-corrected chi connectivity index (χ4v) is 1.05. The number of hydroxylamine groups is 2. The molecule has 1 aliphatic heterocycles. The van der Waals surface area contributed by atoms with E-state index < -0.39 is 0 Å². The number of hydrogen-bond donors (Lipinski definition) is 1. The zero-order valence-corrected chi connectivity index (χ0v) is 5.42. The molecular formula is C6H12NO2. The molecule has 0 aliphatic carbocycles. The molecule has 1 rings (SSSR count). The van der Waals surface area contributed by atoms with Crippen molar-refractivity contribution < 1.29 is 10.3 Å². The fourth-order valence-electron chi connectivity index (χ4n) is 1.05. The summed E-state index contributed by atoms with van der Waals surface area (Å²) in [5, 5.41) is 20.7. The lowest BCUT2D eigenvalue weighted by molar-refractivity contribution is -0.155. The fraction of sp³-hybridized carbons (Fsp3) is 1.00. The van der Waals surface area contributed by atoms with Crippen LogP contribution in [0.3, 0.4) is 0 Å². The monoisotopic (exact) mass is 130 g/mol. The first-order valence-electron chi connectivity index (χ1n) is 3.39. The van der Waals surface area contributed by atoms with Gasteiger partial charge in [-0.1, -0.05) is 0 Å². The normalized spacial score (nSPS) is 32.0. The van der Waals surface area contributed by atoms with Crippen LogP contribution in [-0.4, -0.2) is 29.4 Å². The Balaban J connectivity index is 2.25. The lowest BCUT2D eigenvalue weighted by Gasteiger charge is -2.05. The quantitative estimate of drug-likeness (QED) is 0.508. The third kappa shape index (κ3) is 2.30. The number of nitrogens with zero attached hydrogens (tertiary/aromatic N) is 1. The van der Waals surface area contributed by atoms with Crippen molar-refractivity contribution in [3.63, 3.8) is 0 Å². The summed E-state index contributed by atoms with van der Waals surface area (Å²) in [6.45, 7) is 1.10. The molecule has 0 bridgehead atoms. The molecule has 1 saturated heterocycles. The minimum atomic E-state index is -0.232. The van der Waals surface area contributed by atoms with E-state index in [-0.39, 0.29) is 6.10 Å². The molecule has 0 saturated carbocycles. The molecule has 0 amide bonds. The molecule has 1 atom stereocenters. The topological polar surface area (TPSA) is 43.4 Å². The van der Waals surface area contributed by atoms with Crippen molar-refractivity contribution in [1.82, 2.24) is 5.06 Å². The number of aliphatic hydroxyl groups excluding tert-OH is 1. The van der Waals surface area contributed by atoms with Crippen molar-refractivity contribution in [3.05, 3.63) is 0 Å². The second kappa shape index (κ2) is 3.15. The molecular weight excluding hydrogens is 118 g/mol. The first-order chi connectivity index (χ1) is 4.29. The maximum Gasteiger partial charge on any atom is 0.0553 e. The van der Waals surface area contributed by atoms with E-state index in [1.165, 1.54) is 0 Å². The standard InChI is InChI=1S/C6H12NO2/c8-6-2-1-4-7(9)5-3-6/h6,8H,1-5H2. The smallest absolute Gasteiger partial charge is 0.0553 e. The highest BCUT2D eigenvalue weighted by molar-refractivity contribution is 4.62. The van der Waals surface area contributed by atoms with Gasteiger partial charge in [-0.2, -0.15) is 5.06 Å². The summed E-state index contributed by atoms with van der Waals surface area (Å²) in [7, 11) is 0. The van der Waals surface area contributed by atoms with E-state index in [1.54, 1.807) is 0 Å². The first-order valence-corrected chi connectivity index (χ1v) is 3.39. The van der Waals surface area contributed by atoms with Gasteiger partial charge in [0.25, 0.3) is 0 Å². The number of rotatable bonds is 0. The summed E-state index contributed by atoms with van der Waals surface area (Å²) in [6.07, 6.45) is 2.04. The molecule has 1 aliphatic rings. The zero-order chi connectivity index (χ0) is 6.69. The van der Waals surface area contributed by atoms with Crippen LogP contribution in [0.25, 0.3) is 0 Å². The average molecular weight is 130 g/mol. The summed E-state index contributed by atoms with van der Waals surface area (Å²) in [6, 6.07) is 0. The van der Waals surface area contributed by atoms with Gasteiger partial charge in [0.15, 0.2) is 0 Å². The van der Waals surface area contributed by atoms with Crippen LogP contribution < -0.4 is 0 Å². The average Bonchev–Trinajstić information content (AvgIpc) is 1.97. The van der Waals surface area contributed by atoms with E-state index in [9.17, 15) is 5.21 Å². The van der Waals surface area contributed by atoms with Gasteiger partial charge < -0.3 is 5.11 Å². The van der Waals surface area contributed by atoms with Crippen LogP contribution >= 0.6 is 0 Å². The van der Waals surface area contributed by atoms with E-state index >= 15 is 0 Å². The summed E-state index contributed by atoms with van der Waals surface area (Å²) in [5.74, 6) is 0. The molecule has 0 aromatic rings. The Hall–Kier alpha value is -0.120. The van der Waals surface area contributed by atoms with Gasteiger partial charge >= 0.3 is 0 Å². The molecule has 53 valence electrons. The highest BCUT2D eigenvalue weighted by Gasteiger charge is 2.12. The Labute approximate surface area is 54.9 Å². The molecule has 1 N–H and O–H groups in total. The van der Waals surface area contributed by atoms with Crippen molar-refractivity contribution in [2.75, 3.05) is 13.1 Å². The maximum absolute atomic E-state index is 10.6. The van der Waals surface area contributed by atoms with Gasteiger partial charge in [0.2, 0.25) is 0 Å². The van der Waals surface area contributed by atoms with Crippen LogP contribution in [0.5, 0.6) is 0 Å². The largest absolute Gasteiger partial charge is 0.393 e. The maximum atomic E-state index is 10.6. The molecule has 3 nitrogen and oxygen atoms in total. The lowest BCUT2D eigenvalue weighted by atomic mass is 10.2. The molecule has 0 spiro atoms. The number of aliphatic hydroxyl groups is 1. The summed E-state index contributed by atoms with van der Waals surface area (Å²) < 4.78 is 0. The Morgan fingerprint density at radius 2 is 2.11 bits per heavy atom. The molecule has 1 heterocycles. The van der Waals surface area contributed by atoms with E-state index in [1.807, 2.05) is 0 Å². The molecule has 1 unspecified atom stereocenters. The second-order valence-electron chi connectivity index (χ2n) is 2.51. The molecule has 9 heavy (non-hydrogen) atoms. The summed E-state index contributed by atoms with van der Waals surface area (Å²) in [5.41, 5.74) is 0. The SMILES string of the molecule is [O]N1CCCC(O)CC1. The minimum Gasteiger partial charge on any atom is -0.393 e. The van der Waals surface area contributed by atoms with Gasteiger partial charge in [0.1, 0.15) is 0 Å². The predicted molar refractivity (Wildman–Crippen MR) is 32.1 cm³/mol. The lowest BCUT2D eigenvalue weighted by Crippen LogP contribution is -2.18. The first kappa shape index (κ1) is 6.99. The second-order valence-corrected chi connectivity index (χ2v) is 2.51. The van der Waals surface area contributed by atoms with Gasteiger partial charge in [-0.15, -0.1) is 5.21 Å². The van der Waals surface area contributed by atoms with Crippen LogP contribution in [0, 0.1) is 0 Å². The Morgan fingerprint density at radius 3 is 2.89 bits per heavy atom. The highest BCUT2D eigenvalue weighted by atomic mass is 16.5. The molecule has 1 radical (unpaired) electrons. The Morgan fingerprint density at radius 1 is 1.33 bits per heavy atom. The predicted octanol–water partition coefficient (Wildman–Crippen LogP) is 0.179. The van der Waals surface area contributed by atoms with E-state index in [0.717, 1.165) is 17.9 Å². The van der Waals surface area contributed by atoms with E-state index in [2.05, 4.69) is 0 Å². The Kier molecular flexibility index (Phi) is 2.45. The molecule has 0 aromatic heterocycles. The third-order valence-electron chi connectivity index (χ3n) is 1.66. The molecule has 1 fully saturated rings. The van der Waals surface area contributed by atoms with E-state index in [0.29, 0.717) is 19.5 Å². The van der Waals surface area contributed by atoms with Crippen LogP contribution in [0.2, 0.25) is 0 Å². The minimum absolute atomic E-state index is 0.232. The van der Waals surface area contributed by atoms with Crippen LogP contribution in [0.1, 0.15) is 19.3 Å². The van der Waals surface area contributed by atoms with E-state index in [4.69, 9.17) is 5.11 Å². The van der Waals surface area contributed by atoms with Gasteiger partial charge in [-0.25, -0.2) is 0 Å². The summed E-state index contributed by atoms with van der Waals surface area (Å²) >= 11 is 0. The van der Waals surface area contributed by atoms with Crippen LogP contribution in [-0.2, 0) is 5.21 Å². The number of hydrogen-bond acceptors (Lipinski definition) is 2.